The molecule has 2 aliphatic rings. The van der Waals surface area contributed by atoms with E-state index in [0.29, 0.717) is 24.8 Å². The summed E-state index contributed by atoms with van der Waals surface area (Å²) < 4.78 is 48.5. The van der Waals surface area contributed by atoms with E-state index in [0.717, 1.165) is 48.6 Å². The van der Waals surface area contributed by atoms with Gasteiger partial charge in [-0.1, -0.05) is 18.2 Å². The summed E-state index contributed by atoms with van der Waals surface area (Å²) in [6, 6.07) is 13.7. The number of likely N-dealkylation sites (tertiary alicyclic amines) is 1. The molecule has 1 aromatic heterocycles. The molecule has 2 aromatic carbocycles. The lowest BCUT2D eigenvalue weighted by Gasteiger charge is -2.34. The Morgan fingerprint density at radius 3 is 2.46 bits per heavy atom. The van der Waals surface area contributed by atoms with Crippen molar-refractivity contribution in [2.75, 3.05) is 19.6 Å². The average molecular weight is 486 g/mol. The maximum absolute atomic E-state index is 13.4. The molecule has 0 atom stereocenters. The van der Waals surface area contributed by atoms with Crippen molar-refractivity contribution in [3.05, 3.63) is 65.4 Å². The van der Waals surface area contributed by atoms with Gasteiger partial charge in [-0.15, -0.1) is 0 Å². The number of benzene rings is 2. The minimum absolute atomic E-state index is 0.0700. The molecule has 0 aliphatic carbocycles. The normalized spacial score (nSPS) is 17.9. The maximum Gasteiger partial charge on any atom is 0.416 e. The van der Waals surface area contributed by atoms with Gasteiger partial charge in [-0.25, -0.2) is 0 Å². The minimum atomic E-state index is -4.45. The first-order chi connectivity index (χ1) is 16.7. The molecule has 0 saturated carbocycles. The van der Waals surface area contributed by atoms with Crippen molar-refractivity contribution in [1.29, 1.82) is 0 Å². The molecule has 5 nitrogen and oxygen atoms in total. The van der Waals surface area contributed by atoms with Crippen molar-refractivity contribution in [2.45, 2.75) is 58.1 Å². The standard InChI is InChI=1S/C27H30F3N3O2/c1-18(2)31-11-9-21(10-12-31)35-22-7-8-24-20(15-22)16-25-26(34)32(13-14-33(24)25)17-19-5-3-4-6-23(19)27(28,29)30/h3-8,15-16,18,21H,9-14,17H2,1-2H3. The first kappa shape index (κ1) is 23.7. The zero-order valence-corrected chi connectivity index (χ0v) is 20.0. The van der Waals surface area contributed by atoms with Crippen LogP contribution in [0.15, 0.2) is 48.5 Å². The predicted molar refractivity (Wildman–Crippen MR) is 128 cm³/mol. The first-order valence-electron chi connectivity index (χ1n) is 12.2. The number of ether oxygens (including phenoxy) is 1. The van der Waals surface area contributed by atoms with Crippen LogP contribution in [0.5, 0.6) is 5.75 Å². The third-order valence-electron chi connectivity index (χ3n) is 7.17. The highest BCUT2D eigenvalue weighted by Crippen LogP contribution is 2.34. The van der Waals surface area contributed by atoms with E-state index >= 15 is 0 Å². The molecular formula is C27H30F3N3O2. The lowest BCUT2D eigenvalue weighted by molar-refractivity contribution is -0.138. The van der Waals surface area contributed by atoms with Gasteiger partial charge in [-0.05, 0) is 62.6 Å². The van der Waals surface area contributed by atoms with E-state index in [1.807, 2.05) is 28.8 Å². The van der Waals surface area contributed by atoms with Gasteiger partial charge < -0.3 is 19.1 Å². The Bertz CT molecular complexity index is 1230. The predicted octanol–water partition coefficient (Wildman–Crippen LogP) is 5.57. The van der Waals surface area contributed by atoms with Crippen LogP contribution in [0.25, 0.3) is 10.9 Å². The summed E-state index contributed by atoms with van der Waals surface area (Å²) in [6.07, 6.45) is -2.32. The molecule has 5 rings (SSSR count). The number of nitrogens with zero attached hydrogens (tertiary/aromatic N) is 3. The molecule has 8 heteroatoms. The van der Waals surface area contributed by atoms with Crippen LogP contribution in [0.3, 0.4) is 0 Å². The lowest BCUT2D eigenvalue weighted by Crippen LogP contribution is -2.41. The smallest absolute Gasteiger partial charge is 0.416 e. The summed E-state index contributed by atoms with van der Waals surface area (Å²) in [5.74, 6) is 0.528. The molecule has 1 fully saturated rings. The monoisotopic (exact) mass is 485 g/mol. The first-order valence-corrected chi connectivity index (χ1v) is 12.2. The van der Waals surface area contributed by atoms with Crippen molar-refractivity contribution >= 4 is 16.8 Å². The number of hydrogen-bond donors (Lipinski definition) is 0. The van der Waals surface area contributed by atoms with Crippen molar-refractivity contribution in [3.63, 3.8) is 0 Å². The fourth-order valence-corrected chi connectivity index (χ4v) is 5.22. The van der Waals surface area contributed by atoms with Crippen molar-refractivity contribution < 1.29 is 22.7 Å². The number of carbonyl (C=O) groups excluding carboxylic acids is 1. The van der Waals surface area contributed by atoms with Gasteiger partial charge in [0.25, 0.3) is 5.91 Å². The molecule has 0 N–H and O–H groups in total. The van der Waals surface area contributed by atoms with E-state index < -0.39 is 11.7 Å². The Labute approximate surface area is 203 Å². The molecule has 1 saturated heterocycles. The van der Waals surface area contributed by atoms with E-state index in [1.165, 1.54) is 17.0 Å². The summed E-state index contributed by atoms with van der Waals surface area (Å²) in [4.78, 5) is 17.2. The molecule has 0 spiro atoms. The molecule has 0 unspecified atom stereocenters. The zero-order chi connectivity index (χ0) is 24.7. The topological polar surface area (TPSA) is 37.7 Å². The third kappa shape index (κ3) is 4.76. The number of halogens is 3. The lowest BCUT2D eigenvalue weighted by atomic mass is 10.1. The highest BCUT2D eigenvalue weighted by molar-refractivity contribution is 5.99. The summed E-state index contributed by atoms with van der Waals surface area (Å²) >= 11 is 0. The van der Waals surface area contributed by atoms with Gasteiger partial charge in [-0.2, -0.15) is 13.2 Å². The number of piperidine rings is 1. The van der Waals surface area contributed by atoms with Crippen LogP contribution in [-0.4, -0.2) is 52.1 Å². The number of hydrogen-bond acceptors (Lipinski definition) is 3. The SMILES string of the molecule is CC(C)N1CCC(Oc2ccc3c(c2)cc2n3CCN(Cc3ccccc3C(F)(F)F)C2=O)CC1. The van der Waals surface area contributed by atoms with E-state index in [9.17, 15) is 18.0 Å². The van der Waals surface area contributed by atoms with Crippen LogP contribution < -0.4 is 4.74 Å². The van der Waals surface area contributed by atoms with Gasteiger partial charge in [0.1, 0.15) is 17.5 Å². The number of carbonyl (C=O) groups is 1. The second-order valence-electron chi connectivity index (χ2n) is 9.73. The summed E-state index contributed by atoms with van der Waals surface area (Å²) in [5.41, 5.74) is 0.848. The van der Waals surface area contributed by atoms with E-state index in [4.69, 9.17) is 4.74 Å². The summed E-state index contributed by atoms with van der Waals surface area (Å²) in [6.45, 7) is 7.28. The van der Waals surface area contributed by atoms with E-state index in [1.54, 1.807) is 6.07 Å². The third-order valence-corrected chi connectivity index (χ3v) is 7.17. The van der Waals surface area contributed by atoms with Crippen LogP contribution in [-0.2, 0) is 19.3 Å². The van der Waals surface area contributed by atoms with E-state index in [2.05, 4.69) is 18.7 Å². The Kier molecular flexibility index (Phi) is 6.25. The van der Waals surface area contributed by atoms with Crippen molar-refractivity contribution in [1.82, 2.24) is 14.4 Å². The zero-order valence-electron chi connectivity index (χ0n) is 20.0. The van der Waals surface area contributed by atoms with Crippen LogP contribution in [0.4, 0.5) is 13.2 Å². The van der Waals surface area contributed by atoms with Gasteiger partial charge in [0, 0.05) is 49.7 Å². The second kappa shape index (κ2) is 9.22. The van der Waals surface area contributed by atoms with Crippen molar-refractivity contribution in [3.8, 4) is 5.75 Å². The summed E-state index contributed by atoms with van der Waals surface area (Å²) in [7, 11) is 0. The highest BCUT2D eigenvalue weighted by atomic mass is 19.4. The Morgan fingerprint density at radius 1 is 1.00 bits per heavy atom. The van der Waals surface area contributed by atoms with Crippen molar-refractivity contribution in [2.24, 2.45) is 0 Å². The molecule has 1 amide bonds. The van der Waals surface area contributed by atoms with Crippen LogP contribution in [0, 0.1) is 0 Å². The fourth-order valence-electron chi connectivity index (χ4n) is 5.22. The number of aromatic nitrogens is 1. The second-order valence-corrected chi connectivity index (χ2v) is 9.73. The van der Waals surface area contributed by atoms with Gasteiger partial charge >= 0.3 is 6.18 Å². The number of alkyl halides is 3. The number of fused-ring (bicyclic) bond motifs is 3. The van der Waals surface area contributed by atoms with E-state index in [-0.39, 0.29) is 24.1 Å². The molecule has 186 valence electrons. The Morgan fingerprint density at radius 2 is 1.74 bits per heavy atom. The molecule has 35 heavy (non-hydrogen) atoms. The molecule has 0 bridgehead atoms. The quantitative estimate of drug-likeness (QED) is 0.474. The van der Waals surface area contributed by atoms with Gasteiger partial charge in [0.15, 0.2) is 0 Å². The van der Waals surface area contributed by atoms with Gasteiger partial charge in [-0.3, -0.25) is 4.79 Å². The molecular weight excluding hydrogens is 455 g/mol. The van der Waals surface area contributed by atoms with Crippen LogP contribution >= 0.6 is 0 Å². The minimum Gasteiger partial charge on any atom is -0.490 e. The molecule has 2 aliphatic heterocycles. The fraction of sp³-hybridized carbons (Fsp3) is 0.444. The van der Waals surface area contributed by atoms with Crippen LogP contribution in [0.2, 0.25) is 0 Å². The van der Waals surface area contributed by atoms with Gasteiger partial charge in [0.2, 0.25) is 0 Å². The number of rotatable bonds is 5. The molecule has 3 heterocycles. The Balaban J connectivity index is 1.33. The molecule has 0 radical (unpaired) electrons. The average Bonchev–Trinajstić information content (AvgIpc) is 3.19. The van der Waals surface area contributed by atoms with Gasteiger partial charge in [0.05, 0.1) is 5.56 Å². The largest absolute Gasteiger partial charge is 0.490 e. The van der Waals surface area contributed by atoms with Crippen LogP contribution in [0.1, 0.15) is 48.3 Å². The molecule has 3 aromatic rings. The number of amides is 1. The Hall–Kier alpha value is -3.00. The highest BCUT2D eigenvalue weighted by Gasteiger charge is 2.34. The summed E-state index contributed by atoms with van der Waals surface area (Å²) in [5, 5.41) is 0.906. The maximum atomic E-state index is 13.4.